The quantitative estimate of drug-likeness (QED) is 0.403. The van der Waals surface area contributed by atoms with Crippen molar-refractivity contribution in [2.24, 2.45) is 17.6 Å². The first kappa shape index (κ1) is 27.0. The number of carbonyl (C=O) groups excluding carboxylic acids is 2. The fourth-order valence-corrected chi connectivity index (χ4v) is 4.98. The Morgan fingerprint density at radius 3 is 2.37 bits per heavy atom. The minimum absolute atomic E-state index is 0.0109. The molecule has 0 unspecified atom stereocenters. The van der Waals surface area contributed by atoms with Gasteiger partial charge in [0.1, 0.15) is 5.69 Å². The molecule has 0 bridgehead atoms. The van der Waals surface area contributed by atoms with Gasteiger partial charge in [0.25, 0.3) is 0 Å². The predicted octanol–water partition coefficient (Wildman–Crippen LogP) is 5.67. The summed E-state index contributed by atoms with van der Waals surface area (Å²) in [5, 5.41) is 7.25. The molecule has 0 aliphatic heterocycles. The summed E-state index contributed by atoms with van der Waals surface area (Å²) >= 11 is 6.08. The highest BCUT2D eigenvalue weighted by atomic mass is 35.5. The summed E-state index contributed by atoms with van der Waals surface area (Å²) in [5.41, 5.74) is 4.95. The van der Waals surface area contributed by atoms with E-state index in [-0.39, 0.29) is 42.3 Å². The van der Waals surface area contributed by atoms with Gasteiger partial charge < -0.3 is 16.4 Å². The van der Waals surface area contributed by atoms with Crippen molar-refractivity contribution >= 4 is 40.0 Å². The molecule has 1 aromatic carbocycles. The topological polar surface area (TPSA) is 97.1 Å². The lowest BCUT2D eigenvalue weighted by atomic mass is 9.89. The highest BCUT2D eigenvalue weighted by Crippen LogP contribution is 2.35. The van der Waals surface area contributed by atoms with E-state index in [0.717, 1.165) is 12.5 Å². The third-order valence-corrected chi connectivity index (χ3v) is 6.52. The number of nitrogens with two attached hydrogens (primary N) is 1. The summed E-state index contributed by atoms with van der Waals surface area (Å²) in [5.74, 6) is -0.239. The minimum atomic E-state index is -4.56. The number of amides is 2. The van der Waals surface area contributed by atoms with Gasteiger partial charge in [0.15, 0.2) is 0 Å². The average Bonchev–Trinajstić information content (AvgIpc) is 2.73. The Bertz CT molecular complexity index is 1050. The molecule has 0 spiro atoms. The molecule has 0 radical (unpaired) electrons. The van der Waals surface area contributed by atoms with Gasteiger partial charge in [-0.3, -0.25) is 9.59 Å². The third-order valence-electron chi connectivity index (χ3n) is 6.28. The van der Waals surface area contributed by atoms with Gasteiger partial charge in [-0.25, -0.2) is 4.98 Å². The zero-order valence-electron chi connectivity index (χ0n) is 19.9. The van der Waals surface area contributed by atoms with Crippen molar-refractivity contribution in [3.63, 3.8) is 0 Å². The molecule has 192 valence electrons. The maximum atomic E-state index is 13.4. The smallest absolute Gasteiger partial charge is 0.382 e. The van der Waals surface area contributed by atoms with Gasteiger partial charge in [-0.1, -0.05) is 25.4 Å². The van der Waals surface area contributed by atoms with Crippen LogP contribution in [0, 0.1) is 11.8 Å². The number of benzene rings is 1. The second-order valence-corrected chi connectivity index (χ2v) is 10.3. The number of halogens is 4. The van der Waals surface area contributed by atoms with Crippen LogP contribution in [0.15, 0.2) is 24.3 Å². The summed E-state index contributed by atoms with van der Waals surface area (Å²) in [6.07, 6.45) is -0.602. The van der Waals surface area contributed by atoms with Crippen molar-refractivity contribution in [1.29, 1.82) is 0 Å². The summed E-state index contributed by atoms with van der Waals surface area (Å²) in [4.78, 5) is 27.6. The number of fused-ring (bicyclic) bond motifs is 1. The van der Waals surface area contributed by atoms with Crippen LogP contribution in [0.25, 0.3) is 10.9 Å². The minimum Gasteiger partial charge on any atom is -0.382 e. The van der Waals surface area contributed by atoms with Gasteiger partial charge >= 0.3 is 6.18 Å². The van der Waals surface area contributed by atoms with E-state index in [9.17, 15) is 22.8 Å². The largest absolute Gasteiger partial charge is 0.433 e. The van der Waals surface area contributed by atoms with Gasteiger partial charge in [-0.2, -0.15) is 13.2 Å². The molecule has 1 heterocycles. The van der Waals surface area contributed by atoms with Crippen molar-refractivity contribution in [2.45, 2.75) is 77.1 Å². The highest BCUT2D eigenvalue weighted by Gasteiger charge is 2.34. The van der Waals surface area contributed by atoms with Gasteiger partial charge in [-0.15, -0.1) is 0 Å². The Balaban J connectivity index is 1.61. The summed E-state index contributed by atoms with van der Waals surface area (Å²) in [6, 6.07) is 5.58. The maximum Gasteiger partial charge on any atom is 0.433 e. The number of rotatable bonds is 9. The second-order valence-electron chi connectivity index (χ2n) is 9.84. The number of primary amides is 1. The van der Waals surface area contributed by atoms with E-state index in [4.69, 9.17) is 17.3 Å². The molecule has 35 heavy (non-hydrogen) atoms. The van der Waals surface area contributed by atoms with Crippen molar-refractivity contribution in [2.75, 3.05) is 5.32 Å². The van der Waals surface area contributed by atoms with E-state index in [1.54, 1.807) is 6.07 Å². The number of nitrogens with one attached hydrogen (secondary N) is 2. The molecule has 3 rings (SSSR count). The SMILES string of the molecule is CC(C)C[C@H](CC(N)=O)CC(=O)NC1CCC(Nc2cc(C(F)(F)F)nc3ccc(Cl)cc23)CC1. The second kappa shape index (κ2) is 11.5. The Morgan fingerprint density at radius 1 is 1.11 bits per heavy atom. The fourth-order valence-electron chi connectivity index (χ4n) is 4.80. The van der Waals surface area contributed by atoms with Crippen LogP contribution >= 0.6 is 11.6 Å². The first-order chi connectivity index (χ1) is 16.4. The molecule has 1 fully saturated rings. The molecule has 2 aromatic rings. The number of carbonyl (C=O) groups is 2. The lowest BCUT2D eigenvalue weighted by Crippen LogP contribution is -2.41. The number of pyridine rings is 1. The van der Waals surface area contributed by atoms with Crippen molar-refractivity contribution in [3.05, 3.63) is 35.0 Å². The molecule has 1 saturated carbocycles. The Labute approximate surface area is 208 Å². The summed E-state index contributed by atoms with van der Waals surface area (Å²) in [6.45, 7) is 4.08. The van der Waals surface area contributed by atoms with E-state index in [0.29, 0.717) is 47.7 Å². The molecule has 10 heteroatoms. The fraction of sp³-hybridized carbons (Fsp3) is 0.560. The van der Waals surface area contributed by atoms with Crippen LogP contribution in [-0.4, -0.2) is 28.9 Å². The first-order valence-corrected chi connectivity index (χ1v) is 12.3. The van der Waals surface area contributed by atoms with Gasteiger partial charge in [0.05, 0.1) is 5.52 Å². The Hall–Kier alpha value is -2.55. The molecule has 4 N–H and O–H groups in total. The van der Waals surface area contributed by atoms with E-state index < -0.39 is 17.8 Å². The summed E-state index contributed by atoms with van der Waals surface area (Å²) < 4.78 is 40.1. The van der Waals surface area contributed by atoms with Crippen molar-refractivity contribution in [3.8, 4) is 0 Å². The Morgan fingerprint density at radius 2 is 1.77 bits per heavy atom. The van der Waals surface area contributed by atoms with Crippen LogP contribution in [0.4, 0.5) is 18.9 Å². The number of hydrogen-bond donors (Lipinski definition) is 3. The lowest BCUT2D eigenvalue weighted by Gasteiger charge is -2.31. The zero-order chi connectivity index (χ0) is 25.8. The molecular formula is C25H32ClF3N4O2. The third kappa shape index (κ3) is 7.98. The van der Waals surface area contributed by atoms with Gasteiger partial charge in [0, 0.05) is 41.0 Å². The first-order valence-electron chi connectivity index (χ1n) is 11.9. The molecule has 6 nitrogen and oxygen atoms in total. The van der Waals surface area contributed by atoms with Crippen LogP contribution in [-0.2, 0) is 15.8 Å². The highest BCUT2D eigenvalue weighted by molar-refractivity contribution is 6.31. The number of alkyl halides is 3. The van der Waals surface area contributed by atoms with E-state index in [1.165, 1.54) is 12.1 Å². The van der Waals surface area contributed by atoms with Crippen LogP contribution in [0.2, 0.25) is 5.02 Å². The van der Waals surface area contributed by atoms with E-state index in [2.05, 4.69) is 15.6 Å². The molecule has 1 atom stereocenters. The van der Waals surface area contributed by atoms with E-state index in [1.807, 2.05) is 13.8 Å². The van der Waals surface area contributed by atoms with Gasteiger partial charge in [0.2, 0.25) is 11.8 Å². The van der Waals surface area contributed by atoms with Gasteiger partial charge in [-0.05, 0) is 68.2 Å². The number of anilines is 1. The summed E-state index contributed by atoms with van der Waals surface area (Å²) in [7, 11) is 0. The lowest BCUT2D eigenvalue weighted by molar-refractivity contribution is -0.141. The van der Waals surface area contributed by atoms with Crippen LogP contribution in [0.1, 0.15) is 64.5 Å². The van der Waals surface area contributed by atoms with E-state index >= 15 is 0 Å². The Kier molecular flexibility index (Phi) is 8.85. The van der Waals surface area contributed by atoms with Crippen LogP contribution < -0.4 is 16.4 Å². The molecule has 1 aliphatic rings. The number of aromatic nitrogens is 1. The number of nitrogens with zero attached hydrogens (tertiary/aromatic N) is 1. The standard InChI is InChI=1S/C25H32ClF3N4O2/c1-14(2)9-15(10-23(30)34)11-24(35)32-18-6-4-17(5-7-18)31-21-13-22(25(27,28)29)33-20-8-3-16(26)12-19(20)21/h3,8,12-15,17-18H,4-7,9-11H2,1-2H3,(H2,30,34)(H,31,33)(H,32,35)/t15-,17?,18?/m1/s1. The van der Waals surface area contributed by atoms with Crippen molar-refractivity contribution in [1.82, 2.24) is 10.3 Å². The zero-order valence-corrected chi connectivity index (χ0v) is 20.7. The molecule has 1 aliphatic carbocycles. The average molecular weight is 513 g/mol. The number of hydrogen-bond acceptors (Lipinski definition) is 4. The molecular weight excluding hydrogens is 481 g/mol. The van der Waals surface area contributed by atoms with Crippen molar-refractivity contribution < 1.29 is 22.8 Å². The maximum absolute atomic E-state index is 13.4. The molecule has 1 aromatic heterocycles. The molecule has 2 amide bonds. The normalized spacial score (nSPS) is 19.5. The predicted molar refractivity (Wildman–Crippen MR) is 131 cm³/mol. The molecule has 0 saturated heterocycles. The van der Waals surface area contributed by atoms with Crippen LogP contribution in [0.3, 0.4) is 0 Å². The monoisotopic (exact) mass is 512 g/mol. The van der Waals surface area contributed by atoms with Crippen LogP contribution in [0.5, 0.6) is 0 Å².